The molecule has 0 radical (unpaired) electrons. The van der Waals surface area contributed by atoms with Gasteiger partial charge in [-0.15, -0.1) is 0 Å². The van der Waals surface area contributed by atoms with E-state index >= 15 is 0 Å². The predicted molar refractivity (Wildman–Crippen MR) is 107 cm³/mol. The number of hydrogen-bond acceptors (Lipinski definition) is 7. The SMILES string of the molecule is CC(=O)c1ccc(-c2ccc(C(=O)OCC(=O)c3ccc(C)c([N+](=O)[O-])c3)o2)cc1. The predicted octanol–water partition coefficient (Wildman–Crippen LogP) is 4.41. The Hall–Kier alpha value is -4.07. The van der Waals surface area contributed by atoms with Crippen LogP contribution in [0.4, 0.5) is 5.69 Å². The zero-order valence-electron chi connectivity index (χ0n) is 16.2. The van der Waals surface area contributed by atoms with E-state index < -0.39 is 23.3 Å². The van der Waals surface area contributed by atoms with Gasteiger partial charge in [-0.3, -0.25) is 19.7 Å². The lowest BCUT2D eigenvalue weighted by atomic mass is 10.1. The summed E-state index contributed by atoms with van der Waals surface area (Å²) in [6.45, 7) is 2.45. The number of nitro benzene ring substituents is 1. The normalized spacial score (nSPS) is 10.5. The van der Waals surface area contributed by atoms with Crippen molar-refractivity contribution in [2.45, 2.75) is 13.8 Å². The van der Waals surface area contributed by atoms with E-state index in [4.69, 9.17) is 9.15 Å². The molecule has 0 aliphatic heterocycles. The number of carbonyl (C=O) groups is 3. The summed E-state index contributed by atoms with van der Waals surface area (Å²) in [5.74, 6) is -1.16. The molecule has 0 saturated heterocycles. The van der Waals surface area contributed by atoms with Gasteiger partial charge in [0.05, 0.1) is 4.92 Å². The van der Waals surface area contributed by atoms with Crippen LogP contribution in [0.1, 0.15) is 43.8 Å². The third-order valence-corrected chi connectivity index (χ3v) is 4.45. The highest BCUT2D eigenvalue weighted by atomic mass is 16.6. The summed E-state index contributed by atoms with van der Waals surface area (Å²) in [7, 11) is 0. The van der Waals surface area contributed by atoms with E-state index in [1.165, 1.54) is 25.1 Å². The standard InChI is InChI=1S/C22H17NO7/c1-13-3-4-17(11-18(13)23(27)28)19(25)12-29-22(26)21-10-9-20(30-21)16-7-5-15(6-8-16)14(2)24/h3-11H,12H2,1-2H3. The van der Waals surface area contributed by atoms with Crippen LogP contribution in [0.15, 0.2) is 59.0 Å². The first-order chi connectivity index (χ1) is 14.3. The Kier molecular flexibility index (Phi) is 5.87. The number of nitrogens with zero attached hydrogens (tertiary/aromatic N) is 1. The molecule has 0 aliphatic carbocycles. The monoisotopic (exact) mass is 407 g/mol. The summed E-state index contributed by atoms with van der Waals surface area (Å²) >= 11 is 0. The zero-order valence-corrected chi connectivity index (χ0v) is 16.2. The van der Waals surface area contributed by atoms with Gasteiger partial charge in [-0.05, 0) is 26.0 Å². The third-order valence-electron chi connectivity index (χ3n) is 4.45. The van der Waals surface area contributed by atoms with E-state index in [1.807, 2.05) is 0 Å². The van der Waals surface area contributed by atoms with Crippen molar-refractivity contribution in [1.29, 1.82) is 0 Å². The lowest BCUT2D eigenvalue weighted by molar-refractivity contribution is -0.385. The largest absolute Gasteiger partial charge is 0.451 e. The number of benzene rings is 2. The number of ether oxygens (including phenoxy) is 1. The Morgan fingerprint density at radius 3 is 2.30 bits per heavy atom. The molecule has 0 atom stereocenters. The van der Waals surface area contributed by atoms with Gasteiger partial charge in [-0.25, -0.2) is 4.79 Å². The molecule has 0 N–H and O–H groups in total. The molecule has 0 amide bonds. The first-order valence-corrected chi connectivity index (χ1v) is 8.93. The molecule has 0 aliphatic rings. The minimum absolute atomic E-state index is 0.0613. The van der Waals surface area contributed by atoms with Crippen molar-refractivity contribution in [2.75, 3.05) is 6.61 Å². The lowest BCUT2D eigenvalue weighted by Crippen LogP contribution is -2.14. The van der Waals surface area contributed by atoms with Gasteiger partial charge in [0.25, 0.3) is 5.69 Å². The van der Waals surface area contributed by atoms with Crippen molar-refractivity contribution in [2.24, 2.45) is 0 Å². The van der Waals surface area contributed by atoms with Crippen LogP contribution in [-0.2, 0) is 4.74 Å². The van der Waals surface area contributed by atoms with Gasteiger partial charge in [0, 0.05) is 28.3 Å². The van der Waals surface area contributed by atoms with E-state index in [1.54, 1.807) is 37.3 Å². The number of hydrogen-bond donors (Lipinski definition) is 0. The fraction of sp³-hybridized carbons (Fsp3) is 0.136. The highest BCUT2D eigenvalue weighted by Crippen LogP contribution is 2.23. The van der Waals surface area contributed by atoms with Gasteiger partial charge in [0.2, 0.25) is 11.5 Å². The molecule has 0 fully saturated rings. The molecule has 8 heteroatoms. The molecule has 152 valence electrons. The van der Waals surface area contributed by atoms with Crippen molar-refractivity contribution < 1.29 is 28.5 Å². The molecule has 2 aromatic carbocycles. The van der Waals surface area contributed by atoms with Gasteiger partial charge < -0.3 is 9.15 Å². The van der Waals surface area contributed by atoms with Gasteiger partial charge in [0.1, 0.15) is 5.76 Å². The quantitative estimate of drug-likeness (QED) is 0.246. The molecule has 0 unspecified atom stereocenters. The number of esters is 1. The Morgan fingerprint density at radius 2 is 1.67 bits per heavy atom. The van der Waals surface area contributed by atoms with E-state index in [0.717, 1.165) is 6.07 Å². The minimum atomic E-state index is -0.837. The van der Waals surface area contributed by atoms with Gasteiger partial charge >= 0.3 is 5.97 Å². The number of aryl methyl sites for hydroxylation is 1. The van der Waals surface area contributed by atoms with Crippen molar-refractivity contribution >= 4 is 23.2 Å². The molecule has 0 spiro atoms. The third kappa shape index (κ3) is 4.49. The van der Waals surface area contributed by atoms with Crippen molar-refractivity contribution in [3.63, 3.8) is 0 Å². The number of rotatable bonds is 7. The molecule has 3 aromatic rings. The fourth-order valence-corrected chi connectivity index (χ4v) is 2.74. The summed E-state index contributed by atoms with van der Waals surface area (Å²) in [4.78, 5) is 46.2. The molecule has 8 nitrogen and oxygen atoms in total. The number of furan rings is 1. The van der Waals surface area contributed by atoms with E-state index in [-0.39, 0.29) is 22.8 Å². The highest BCUT2D eigenvalue weighted by Gasteiger charge is 2.19. The highest BCUT2D eigenvalue weighted by molar-refractivity contribution is 5.99. The number of nitro groups is 1. The minimum Gasteiger partial charge on any atom is -0.451 e. The molecule has 1 heterocycles. The average molecular weight is 407 g/mol. The Bertz CT molecular complexity index is 1140. The second kappa shape index (κ2) is 8.52. The van der Waals surface area contributed by atoms with Crippen LogP contribution in [0.25, 0.3) is 11.3 Å². The molecule has 0 bridgehead atoms. The molecular formula is C22H17NO7. The van der Waals surface area contributed by atoms with Crippen molar-refractivity contribution in [1.82, 2.24) is 0 Å². The molecule has 1 aromatic heterocycles. The number of Topliss-reactive ketones (excluding diaryl/α,β-unsaturated/α-hetero) is 2. The second-order valence-electron chi connectivity index (χ2n) is 6.56. The summed E-state index contributed by atoms with van der Waals surface area (Å²) < 4.78 is 10.5. The van der Waals surface area contributed by atoms with Crippen molar-refractivity contribution in [3.8, 4) is 11.3 Å². The second-order valence-corrected chi connectivity index (χ2v) is 6.56. The zero-order chi connectivity index (χ0) is 21.8. The number of carbonyl (C=O) groups excluding carboxylic acids is 3. The maximum absolute atomic E-state index is 12.2. The van der Waals surface area contributed by atoms with Gasteiger partial charge in [-0.1, -0.05) is 36.4 Å². The molecule has 0 saturated carbocycles. The summed E-state index contributed by atoms with van der Waals surface area (Å²) in [6, 6.07) is 13.7. The Labute approximate surface area is 171 Å². The maximum atomic E-state index is 12.2. The van der Waals surface area contributed by atoms with Crippen LogP contribution in [0.5, 0.6) is 0 Å². The van der Waals surface area contributed by atoms with E-state index in [0.29, 0.717) is 22.5 Å². The smallest absolute Gasteiger partial charge is 0.374 e. The van der Waals surface area contributed by atoms with Crippen LogP contribution in [-0.4, -0.2) is 29.1 Å². The lowest BCUT2D eigenvalue weighted by Gasteiger charge is -2.04. The molecular weight excluding hydrogens is 390 g/mol. The topological polar surface area (TPSA) is 117 Å². The van der Waals surface area contributed by atoms with Gasteiger partial charge in [-0.2, -0.15) is 0 Å². The summed E-state index contributed by atoms with van der Waals surface area (Å²) in [6.07, 6.45) is 0. The summed E-state index contributed by atoms with van der Waals surface area (Å²) in [5, 5.41) is 11.0. The number of ketones is 2. The van der Waals surface area contributed by atoms with E-state index in [9.17, 15) is 24.5 Å². The van der Waals surface area contributed by atoms with Crippen LogP contribution < -0.4 is 0 Å². The maximum Gasteiger partial charge on any atom is 0.374 e. The van der Waals surface area contributed by atoms with Crippen molar-refractivity contribution in [3.05, 3.63) is 87.2 Å². The van der Waals surface area contributed by atoms with Crippen LogP contribution >= 0.6 is 0 Å². The van der Waals surface area contributed by atoms with Crippen LogP contribution in [0, 0.1) is 17.0 Å². The molecule has 3 rings (SSSR count). The summed E-state index contributed by atoms with van der Waals surface area (Å²) in [5.41, 5.74) is 1.54. The first-order valence-electron chi connectivity index (χ1n) is 8.93. The fourth-order valence-electron chi connectivity index (χ4n) is 2.74. The van der Waals surface area contributed by atoms with Crippen LogP contribution in [0.2, 0.25) is 0 Å². The molecule has 30 heavy (non-hydrogen) atoms. The average Bonchev–Trinajstić information content (AvgIpc) is 3.22. The van der Waals surface area contributed by atoms with E-state index in [2.05, 4.69) is 0 Å². The Balaban J connectivity index is 1.66. The van der Waals surface area contributed by atoms with Gasteiger partial charge in [0.15, 0.2) is 12.4 Å². The Morgan fingerprint density at radius 1 is 1.00 bits per heavy atom. The first kappa shape index (κ1) is 20.7. The van der Waals surface area contributed by atoms with Crippen LogP contribution in [0.3, 0.4) is 0 Å².